The molecule has 0 saturated carbocycles. The minimum absolute atomic E-state index is 0.348. The lowest BCUT2D eigenvalue weighted by molar-refractivity contribution is 0.0531. The number of aryl methyl sites for hydroxylation is 1. The Labute approximate surface area is 80.8 Å². The highest BCUT2D eigenvalue weighted by Gasteiger charge is 2.14. The van der Waals surface area contributed by atoms with Crippen LogP contribution in [0.1, 0.15) is 27.3 Å². The maximum absolute atomic E-state index is 11.3. The minimum Gasteiger partial charge on any atom is -0.462 e. The molecule has 0 aliphatic rings. The molecular formula is C9H9NO2S. The lowest BCUT2D eigenvalue weighted by Gasteiger charge is -1.97. The number of ether oxygens (including phenoxy) is 1. The molecule has 0 bridgehead atoms. The minimum atomic E-state index is -0.348. The number of hydrogen-bond donors (Lipinski definition) is 0. The second-order valence-corrected chi connectivity index (χ2v) is 3.30. The number of carbonyl (C=O) groups is 1. The lowest BCUT2D eigenvalue weighted by Crippen LogP contribution is -2.03. The monoisotopic (exact) mass is 195 g/mol. The van der Waals surface area contributed by atoms with E-state index in [0.717, 1.165) is 0 Å². The maximum atomic E-state index is 11.3. The Kier molecular flexibility index (Phi) is 3.04. The molecule has 0 aliphatic heterocycles. The summed E-state index contributed by atoms with van der Waals surface area (Å²) < 4.78 is 4.83. The molecule has 1 aromatic rings. The van der Waals surface area contributed by atoms with Gasteiger partial charge >= 0.3 is 5.97 Å². The smallest absolute Gasteiger partial charge is 0.350 e. The predicted molar refractivity (Wildman–Crippen MR) is 50.7 cm³/mol. The molecule has 1 heterocycles. The summed E-state index contributed by atoms with van der Waals surface area (Å²) in [5.74, 6) is 2.04. The fourth-order valence-electron chi connectivity index (χ4n) is 0.844. The second-order valence-electron chi connectivity index (χ2n) is 2.30. The first-order valence-corrected chi connectivity index (χ1v) is 4.61. The molecule has 0 fully saturated rings. The van der Waals surface area contributed by atoms with Gasteiger partial charge in [-0.15, -0.1) is 6.42 Å². The van der Waals surface area contributed by atoms with Crippen LogP contribution in [0.4, 0.5) is 0 Å². The predicted octanol–water partition coefficient (Wildman–Crippen LogP) is 1.61. The van der Waals surface area contributed by atoms with Crippen molar-refractivity contribution in [2.45, 2.75) is 13.8 Å². The van der Waals surface area contributed by atoms with E-state index in [9.17, 15) is 4.79 Å². The van der Waals surface area contributed by atoms with Crippen LogP contribution in [-0.2, 0) is 4.74 Å². The van der Waals surface area contributed by atoms with Gasteiger partial charge in [-0.1, -0.05) is 11.3 Å². The molecule has 0 atom stereocenters. The Morgan fingerprint density at radius 1 is 1.77 bits per heavy atom. The fourth-order valence-corrected chi connectivity index (χ4v) is 1.61. The average molecular weight is 195 g/mol. The highest BCUT2D eigenvalue weighted by atomic mass is 32.1. The molecule has 0 radical (unpaired) electrons. The van der Waals surface area contributed by atoms with E-state index in [0.29, 0.717) is 22.2 Å². The zero-order valence-electron chi connectivity index (χ0n) is 7.46. The van der Waals surface area contributed by atoms with Gasteiger partial charge in [-0.2, -0.15) is 0 Å². The van der Waals surface area contributed by atoms with Crippen LogP contribution in [0.5, 0.6) is 0 Å². The summed E-state index contributed by atoms with van der Waals surface area (Å²) in [6.07, 6.45) is 5.15. The van der Waals surface area contributed by atoms with Gasteiger partial charge in [0.2, 0.25) is 0 Å². The number of hydrogen-bond acceptors (Lipinski definition) is 4. The van der Waals surface area contributed by atoms with Crippen molar-refractivity contribution >= 4 is 17.3 Å². The number of nitrogens with zero attached hydrogens (tertiary/aromatic N) is 1. The Morgan fingerprint density at radius 3 is 2.92 bits per heavy atom. The van der Waals surface area contributed by atoms with Crippen LogP contribution < -0.4 is 0 Å². The van der Waals surface area contributed by atoms with Crippen LogP contribution in [0.2, 0.25) is 0 Å². The normalized spacial score (nSPS) is 9.31. The SMILES string of the molecule is C#Cc1nc(C)c(C(=O)OCC)s1. The van der Waals surface area contributed by atoms with Crippen molar-refractivity contribution in [3.05, 3.63) is 15.6 Å². The summed E-state index contributed by atoms with van der Waals surface area (Å²) in [6.45, 7) is 3.86. The molecule has 0 N–H and O–H groups in total. The molecule has 0 unspecified atom stereocenters. The molecule has 68 valence electrons. The van der Waals surface area contributed by atoms with Crippen molar-refractivity contribution in [3.63, 3.8) is 0 Å². The van der Waals surface area contributed by atoms with Crippen molar-refractivity contribution in [2.24, 2.45) is 0 Å². The van der Waals surface area contributed by atoms with Crippen LogP contribution >= 0.6 is 11.3 Å². The van der Waals surface area contributed by atoms with Crippen LogP contribution in [0.3, 0.4) is 0 Å². The van der Waals surface area contributed by atoms with E-state index in [2.05, 4.69) is 10.9 Å². The maximum Gasteiger partial charge on any atom is 0.350 e. The van der Waals surface area contributed by atoms with Crippen LogP contribution in [0, 0.1) is 19.3 Å². The second kappa shape index (κ2) is 4.06. The summed E-state index contributed by atoms with van der Waals surface area (Å²) in [5, 5.41) is 0.514. The molecule has 13 heavy (non-hydrogen) atoms. The van der Waals surface area contributed by atoms with E-state index in [4.69, 9.17) is 11.2 Å². The van der Waals surface area contributed by atoms with Gasteiger partial charge in [0.05, 0.1) is 12.3 Å². The average Bonchev–Trinajstić information content (AvgIpc) is 2.47. The van der Waals surface area contributed by atoms with Gasteiger partial charge < -0.3 is 4.74 Å². The highest BCUT2D eigenvalue weighted by molar-refractivity contribution is 7.14. The fraction of sp³-hybridized carbons (Fsp3) is 0.333. The number of aromatic nitrogens is 1. The van der Waals surface area contributed by atoms with Crippen molar-refractivity contribution in [1.82, 2.24) is 4.98 Å². The third-order valence-electron chi connectivity index (χ3n) is 1.38. The number of terminal acetylenes is 1. The molecule has 1 aromatic heterocycles. The van der Waals surface area contributed by atoms with Crippen LogP contribution in [0.15, 0.2) is 0 Å². The molecule has 0 aromatic carbocycles. The van der Waals surface area contributed by atoms with E-state index in [1.807, 2.05) is 0 Å². The molecule has 0 amide bonds. The number of carbonyl (C=O) groups excluding carboxylic acids is 1. The number of thiazole rings is 1. The van der Waals surface area contributed by atoms with Crippen LogP contribution in [0.25, 0.3) is 0 Å². The van der Waals surface area contributed by atoms with Gasteiger partial charge in [0.15, 0.2) is 5.01 Å². The van der Waals surface area contributed by atoms with Gasteiger partial charge in [0.1, 0.15) is 4.88 Å². The first kappa shape index (κ1) is 9.75. The zero-order chi connectivity index (χ0) is 9.84. The third-order valence-corrected chi connectivity index (χ3v) is 2.45. The van der Waals surface area contributed by atoms with Gasteiger partial charge in [0, 0.05) is 0 Å². The van der Waals surface area contributed by atoms with Crippen LogP contribution in [-0.4, -0.2) is 17.6 Å². The van der Waals surface area contributed by atoms with E-state index in [1.165, 1.54) is 11.3 Å². The lowest BCUT2D eigenvalue weighted by atomic mass is 10.4. The number of rotatable bonds is 2. The standard InChI is InChI=1S/C9H9NO2S/c1-4-7-10-6(3)8(13-7)9(11)12-5-2/h1H,5H2,2-3H3. The summed E-state index contributed by atoms with van der Waals surface area (Å²) >= 11 is 1.19. The van der Waals surface area contributed by atoms with Gasteiger partial charge in [-0.3, -0.25) is 0 Å². The Morgan fingerprint density at radius 2 is 2.46 bits per heavy atom. The molecule has 3 nitrogen and oxygen atoms in total. The molecule has 4 heteroatoms. The topological polar surface area (TPSA) is 39.2 Å². The van der Waals surface area contributed by atoms with Gasteiger partial charge in [0.25, 0.3) is 0 Å². The van der Waals surface area contributed by atoms with Crippen molar-refractivity contribution in [2.75, 3.05) is 6.61 Å². The third kappa shape index (κ3) is 2.07. The van der Waals surface area contributed by atoms with Crippen molar-refractivity contribution in [1.29, 1.82) is 0 Å². The number of esters is 1. The largest absolute Gasteiger partial charge is 0.462 e. The summed E-state index contributed by atoms with van der Waals surface area (Å²) in [6, 6.07) is 0. The van der Waals surface area contributed by atoms with Gasteiger partial charge in [-0.25, -0.2) is 9.78 Å². The Bertz CT molecular complexity index is 362. The van der Waals surface area contributed by atoms with E-state index < -0.39 is 0 Å². The molecule has 0 aliphatic carbocycles. The summed E-state index contributed by atoms with van der Waals surface area (Å²) in [4.78, 5) is 15.8. The van der Waals surface area contributed by atoms with Crippen molar-refractivity contribution < 1.29 is 9.53 Å². The Balaban J connectivity index is 2.95. The van der Waals surface area contributed by atoms with Gasteiger partial charge in [-0.05, 0) is 19.8 Å². The highest BCUT2D eigenvalue weighted by Crippen LogP contribution is 2.17. The summed E-state index contributed by atoms with van der Waals surface area (Å²) in [5.41, 5.74) is 0.636. The van der Waals surface area contributed by atoms with Crippen molar-refractivity contribution in [3.8, 4) is 12.3 Å². The molecule has 0 spiro atoms. The molecule has 1 rings (SSSR count). The first-order valence-electron chi connectivity index (χ1n) is 3.80. The zero-order valence-corrected chi connectivity index (χ0v) is 8.27. The van der Waals surface area contributed by atoms with E-state index in [1.54, 1.807) is 13.8 Å². The Hall–Kier alpha value is -1.34. The molecule has 0 saturated heterocycles. The van der Waals surface area contributed by atoms with E-state index >= 15 is 0 Å². The quantitative estimate of drug-likeness (QED) is 0.531. The van der Waals surface area contributed by atoms with E-state index in [-0.39, 0.29) is 5.97 Å². The first-order chi connectivity index (χ1) is 6.19. The summed E-state index contributed by atoms with van der Waals surface area (Å²) in [7, 11) is 0. The molecular weight excluding hydrogens is 186 g/mol.